The number of rotatable bonds is 5. The molecule has 1 aliphatic heterocycles. The van der Waals surface area contributed by atoms with Crippen LogP contribution in [0.4, 0.5) is 0 Å². The van der Waals surface area contributed by atoms with Crippen LogP contribution in [0.25, 0.3) is 0 Å². The molecular weight excluding hydrogens is 214 g/mol. The minimum Gasteiger partial charge on any atom is -0.339 e. The Kier molecular flexibility index (Phi) is 4.80. The van der Waals surface area contributed by atoms with Crippen LogP contribution in [0.5, 0.6) is 0 Å². The Balaban J connectivity index is 1.53. The smallest absolute Gasteiger partial charge is 0.236 e. The highest BCUT2D eigenvalue weighted by Crippen LogP contribution is 2.28. The molecule has 1 heterocycles. The Bertz CT molecular complexity index is 245. The highest BCUT2D eigenvalue weighted by atomic mass is 16.2. The largest absolute Gasteiger partial charge is 0.339 e. The molecule has 4 nitrogen and oxygen atoms in total. The molecule has 0 radical (unpaired) electrons. The van der Waals surface area contributed by atoms with Crippen LogP contribution in [0.3, 0.4) is 0 Å². The third-order valence-electron chi connectivity index (χ3n) is 4.09. The van der Waals surface area contributed by atoms with Gasteiger partial charge in [-0.25, -0.2) is 0 Å². The lowest BCUT2D eigenvalue weighted by molar-refractivity contribution is -0.131. The van der Waals surface area contributed by atoms with Crippen molar-refractivity contribution in [3.8, 4) is 0 Å². The van der Waals surface area contributed by atoms with E-state index >= 15 is 0 Å². The summed E-state index contributed by atoms with van der Waals surface area (Å²) >= 11 is 0. The summed E-state index contributed by atoms with van der Waals surface area (Å²) in [5.74, 6) is 1.20. The van der Waals surface area contributed by atoms with Crippen LogP contribution >= 0.6 is 0 Å². The van der Waals surface area contributed by atoms with Crippen molar-refractivity contribution in [2.75, 3.05) is 46.3 Å². The van der Waals surface area contributed by atoms with E-state index < -0.39 is 0 Å². The fraction of sp³-hybridized carbons (Fsp3) is 0.923. The topological polar surface area (TPSA) is 35.6 Å². The second kappa shape index (κ2) is 6.36. The third-order valence-corrected chi connectivity index (χ3v) is 4.09. The number of carbonyl (C=O) groups is 1. The molecule has 1 N–H and O–H groups in total. The number of hydrogen-bond acceptors (Lipinski definition) is 3. The zero-order chi connectivity index (χ0) is 12.1. The van der Waals surface area contributed by atoms with E-state index in [1.807, 2.05) is 4.90 Å². The van der Waals surface area contributed by atoms with E-state index in [1.165, 1.54) is 25.7 Å². The van der Waals surface area contributed by atoms with Gasteiger partial charge < -0.3 is 15.1 Å². The molecule has 0 unspecified atom stereocenters. The van der Waals surface area contributed by atoms with E-state index in [0.717, 1.165) is 38.6 Å². The van der Waals surface area contributed by atoms with Gasteiger partial charge in [0.2, 0.25) is 5.91 Å². The monoisotopic (exact) mass is 239 g/mol. The SMILES string of the molecule is CN1CCN(C(=O)CNCCC2CCC2)CC1. The molecule has 1 saturated carbocycles. The first-order valence-corrected chi connectivity index (χ1v) is 6.93. The van der Waals surface area contributed by atoms with Crippen LogP contribution in [-0.4, -0.2) is 62.0 Å². The molecule has 0 aromatic heterocycles. The molecule has 2 fully saturated rings. The van der Waals surface area contributed by atoms with Crippen LogP contribution in [-0.2, 0) is 4.79 Å². The van der Waals surface area contributed by atoms with Gasteiger partial charge in [0.15, 0.2) is 0 Å². The van der Waals surface area contributed by atoms with Gasteiger partial charge in [-0.05, 0) is 25.9 Å². The van der Waals surface area contributed by atoms with E-state index in [2.05, 4.69) is 17.3 Å². The highest BCUT2D eigenvalue weighted by Gasteiger charge is 2.19. The minimum absolute atomic E-state index is 0.270. The maximum absolute atomic E-state index is 11.9. The Morgan fingerprint density at radius 2 is 1.94 bits per heavy atom. The quantitative estimate of drug-likeness (QED) is 0.711. The first-order valence-electron chi connectivity index (χ1n) is 6.93. The van der Waals surface area contributed by atoms with Crippen molar-refractivity contribution >= 4 is 5.91 Å². The molecule has 0 spiro atoms. The summed E-state index contributed by atoms with van der Waals surface area (Å²) in [7, 11) is 2.11. The van der Waals surface area contributed by atoms with Crippen molar-refractivity contribution in [1.82, 2.24) is 15.1 Å². The molecule has 0 aromatic rings. The number of amides is 1. The average molecular weight is 239 g/mol. The standard InChI is InChI=1S/C13H25N3O/c1-15-7-9-16(10-8-15)13(17)11-14-6-5-12-3-2-4-12/h12,14H,2-11H2,1H3. The van der Waals surface area contributed by atoms with Crippen molar-refractivity contribution in [3.63, 3.8) is 0 Å². The number of hydrogen-bond donors (Lipinski definition) is 1. The first kappa shape index (κ1) is 12.8. The van der Waals surface area contributed by atoms with Gasteiger partial charge in [-0.2, -0.15) is 0 Å². The molecule has 0 bridgehead atoms. The Morgan fingerprint density at radius 1 is 1.24 bits per heavy atom. The van der Waals surface area contributed by atoms with E-state index in [-0.39, 0.29) is 5.91 Å². The summed E-state index contributed by atoms with van der Waals surface area (Å²) in [6.07, 6.45) is 5.45. The van der Waals surface area contributed by atoms with Gasteiger partial charge in [-0.3, -0.25) is 4.79 Å². The van der Waals surface area contributed by atoms with Crippen LogP contribution in [0, 0.1) is 5.92 Å². The van der Waals surface area contributed by atoms with Gasteiger partial charge >= 0.3 is 0 Å². The predicted octanol–water partition coefficient (Wildman–Crippen LogP) is 0.540. The van der Waals surface area contributed by atoms with Crippen molar-refractivity contribution in [3.05, 3.63) is 0 Å². The van der Waals surface area contributed by atoms with Crippen LogP contribution < -0.4 is 5.32 Å². The fourth-order valence-electron chi connectivity index (χ4n) is 2.45. The summed E-state index contributed by atoms with van der Waals surface area (Å²) in [6, 6.07) is 0. The average Bonchev–Trinajstić information content (AvgIpc) is 2.27. The number of nitrogens with one attached hydrogen (secondary N) is 1. The number of piperazine rings is 1. The van der Waals surface area contributed by atoms with Crippen LogP contribution in [0.15, 0.2) is 0 Å². The predicted molar refractivity (Wildman–Crippen MR) is 68.9 cm³/mol. The third kappa shape index (κ3) is 3.96. The number of nitrogens with zero attached hydrogens (tertiary/aromatic N) is 2. The van der Waals surface area contributed by atoms with Gasteiger partial charge in [0.05, 0.1) is 6.54 Å². The molecule has 0 aromatic carbocycles. The Labute approximate surface area is 104 Å². The summed E-state index contributed by atoms with van der Waals surface area (Å²) in [5.41, 5.74) is 0. The highest BCUT2D eigenvalue weighted by molar-refractivity contribution is 5.78. The molecule has 1 amide bonds. The molecule has 17 heavy (non-hydrogen) atoms. The lowest BCUT2D eigenvalue weighted by Crippen LogP contribution is -2.49. The lowest BCUT2D eigenvalue weighted by atomic mass is 9.83. The summed E-state index contributed by atoms with van der Waals surface area (Å²) < 4.78 is 0. The Morgan fingerprint density at radius 3 is 2.53 bits per heavy atom. The molecule has 2 aliphatic rings. The molecule has 98 valence electrons. The van der Waals surface area contributed by atoms with Crippen LogP contribution in [0.1, 0.15) is 25.7 Å². The van der Waals surface area contributed by atoms with Crippen molar-refractivity contribution in [2.45, 2.75) is 25.7 Å². The zero-order valence-electron chi connectivity index (χ0n) is 11.0. The molecular formula is C13H25N3O. The van der Waals surface area contributed by atoms with Gasteiger partial charge in [-0.15, -0.1) is 0 Å². The summed E-state index contributed by atoms with van der Waals surface area (Å²) in [4.78, 5) is 16.1. The van der Waals surface area contributed by atoms with E-state index in [1.54, 1.807) is 0 Å². The second-order valence-electron chi connectivity index (χ2n) is 5.45. The van der Waals surface area contributed by atoms with Crippen molar-refractivity contribution in [2.24, 2.45) is 5.92 Å². The zero-order valence-corrected chi connectivity index (χ0v) is 11.0. The first-order chi connectivity index (χ1) is 8.25. The maximum atomic E-state index is 11.9. The van der Waals surface area contributed by atoms with Crippen molar-refractivity contribution in [1.29, 1.82) is 0 Å². The van der Waals surface area contributed by atoms with Gasteiger partial charge in [-0.1, -0.05) is 19.3 Å². The summed E-state index contributed by atoms with van der Waals surface area (Å²) in [6.45, 7) is 5.32. The Hall–Kier alpha value is -0.610. The molecule has 1 aliphatic carbocycles. The number of likely N-dealkylation sites (N-methyl/N-ethyl adjacent to an activating group) is 1. The second-order valence-corrected chi connectivity index (χ2v) is 5.45. The van der Waals surface area contributed by atoms with Crippen LogP contribution in [0.2, 0.25) is 0 Å². The molecule has 1 saturated heterocycles. The normalized spacial score (nSPS) is 22.5. The van der Waals surface area contributed by atoms with E-state index in [0.29, 0.717) is 6.54 Å². The maximum Gasteiger partial charge on any atom is 0.236 e. The molecule has 4 heteroatoms. The molecule has 2 rings (SSSR count). The van der Waals surface area contributed by atoms with Gasteiger partial charge in [0, 0.05) is 26.2 Å². The molecule has 0 atom stereocenters. The number of carbonyl (C=O) groups excluding carboxylic acids is 1. The van der Waals surface area contributed by atoms with Gasteiger partial charge in [0.1, 0.15) is 0 Å². The van der Waals surface area contributed by atoms with E-state index in [4.69, 9.17) is 0 Å². The minimum atomic E-state index is 0.270. The van der Waals surface area contributed by atoms with E-state index in [9.17, 15) is 4.79 Å². The summed E-state index contributed by atoms with van der Waals surface area (Å²) in [5, 5.41) is 3.29. The van der Waals surface area contributed by atoms with Gasteiger partial charge in [0.25, 0.3) is 0 Å². The lowest BCUT2D eigenvalue weighted by Gasteiger charge is -2.32. The van der Waals surface area contributed by atoms with Crippen molar-refractivity contribution < 1.29 is 4.79 Å². The fourth-order valence-corrected chi connectivity index (χ4v) is 2.45.